The van der Waals surface area contributed by atoms with Crippen LogP contribution in [0.25, 0.3) is 0 Å². The Bertz CT molecular complexity index is 364. The third-order valence-electron chi connectivity index (χ3n) is 3.39. The van der Waals surface area contributed by atoms with Crippen LogP contribution in [0.1, 0.15) is 47.8 Å². The molecule has 0 aromatic carbocycles. The van der Waals surface area contributed by atoms with E-state index in [1.54, 1.807) is 0 Å². The molecule has 0 spiro atoms. The normalized spacial score (nSPS) is 21.2. The van der Waals surface area contributed by atoms with E-state index in [0.717, 1.165) is 19.4 Å². The van der Waals surface area contributed by atoms with E-state index in [2.05, 4.69) is 24.1 Å². The highest BCUT2D eigenvalue weighted by Gasteiger charge is 2.23. The molecule has 1 aliphatic carbocycles. The first-order chi connectivity index (χ1) is 8.20. The number of nitrogens with zero attached hydrogens (tertiary/aromatic N) is 1. The second kappa shape index (κ2) is 5.94. The number of hydrogen-bond acceptors (Lipinski definition) is 4. The topological polar surface area (TPSA) is 45.2 Å². The largest absolute Gasteiger partial charge is 0.396 e. The molecule has 1 aliphatic rings. The summed E-state index contributed by atoms with van der Waals surface area (Å²) in [6, 6.07) is 0.492. The van der Waals surface area contributed by atoms with E-state index in [4.69, 9.17) is 5.11 Å². The van der Waals surface area contributed by atoms with Crippen molar-refractivity contribution >= 4 is 11.3 Å². The highest BCUT2D eigenvalue weighted by atomic mass is 32.1. The molecule has 1 aromatic heterocycles. The number of aliphatic hydroxyl groups excluding tert-OH is 1. The van der Waals surface area contributed by atoms with Crippen molar-refractivity contribution in [1.29, 1.82) is 0 Å². The van der Waals surface area contributed by atoms with Crippen molar-refractivity contribution in [1.82, 2.24) is 10.3 Å². The maximum Gasteiger partial charge on any atom is 0.0900 e. The van der Waals surface area contributed by atoms with Gasteiger partial charge in [-0.3, -0.25) is 0 Å². The van der Waals surface area contributed by atoms with E-state index >= 15 is 0 Å². The van der Waals surface area contributed by atoms with Gasteiger partial charge in [0.05, 0.1) is 10.7 Å². The number of thiazole rings is 1. The van der Waals surface area contributed by atoms with Gasteiger partial charge in [-0.1, -0.05) is 6.92 Å². The maximum atomic E-state index is 8.90. The minimum absolute atomic E-state index is 0.290. The second-order valence-corrected chi connectivity index (χ2v) is 6.25. The minimum atomic E-state index is 0.290. The van der Waals surface area contributed by atoms with Crippen LogP contribution >= 0.6 is 11.3 Å². The van der Waals surface area contributed by atoms with Crippen molar-refractivity contribution < 1.29 is 5.11 Å². The number of aryl methyl sites for hydroxylation is 2. The number of aromatic nitrogens is 1. The van der Waals surface area contributed by atoms with E-state index in [9.17, 15) is 0 Å². The van der Waals surface area contributed by atoms with Gasteiger partial charge in [0.1, 0.15) is 0 Å². The molecule has 3 nitrogen and oxygen atoms in total. The van der Waals surface area contributed by atoms with Crippen LogP contribution < -0.4 is 5.32 Å². The van der Waals surface area contributed by atoms with Gasteiger partial charge in [-0.2, -0.15) is 0 Å². The third-order valence-corrected chi connectivity index (χ3v) is 4.52. The number of aliphatic hydroxyl groups is 1. The molecule has 2 atom stereocenters. The van der Waals surface area contributed by atoms with E-state index < -0.39 is 0 Å². The summed E-state index contributed by atoms with van der Waals surface area (Å²) in [5.74, 6) is 0.541. The van der Waals surface area contributed by atoms with Crippen LogP contribution in [0.3, 0.4) is 0 Å². The Morgan fingerprint density at radius 3 is 3.18 bits per heavy atom. The Labute approximate surface area is 107 Å². The molecule has 17 heavy (non-hydrogen) atoms. The average Bonchev–Trinajstić information content (AvgIpc) is 2.67. The van der Waals surface area contributed by atoms with Gasteiger partial charge < -0.3 is 10.4 Å². The highest BCUT2D eigenvalue weighted by Crippen LogP contribution is 2.33. The molecule has 1 aromatic rings. The lowest BCUT2D eigenvalue weighted by molar-refractivity contribution is 0.256. The summed E-state index contributed by atoms with van der Waals surface area (Å²) in [5, 5.41) is 13.7. The molecule has 1 heterocycles. The summed E-state index contributed by atoms with van der Waals surface area (Å²) in [7, 11) is 0. The summed E-state index contributed by atoms with van der Waals surface area (Å²) in [4.78, 5) is 6.05. The van der Waals surface area contributed by atoms with Crippen LogP contribution in [0.5, 0.6) is 0 Å². The molecule has 0 radical (unpaired) electrons. The van der Waals surface area contributed by atoms with Gasteiger partial charge in [0, 0.05) is 17.5 Å². The lowest BCUT2D eigenvalue weighted by Crippen LogP contribution is -2.28. The van der Waals surface area contributed by atoms with Crippen molar-refractivity contribution in [3.05, 3.63) is 15.6 Å². The van der Waals surface area contributed by atoms with E-state index in [0.29, 0.717) is 18.6 Å². The van der Waals surface area contributed by atoms with Crippen LogP contribution in [-0.4, -0.2) is 23.2 Å². The first-order valence-electron chi connectivity index (χ1n) is 6.51. The maximum absolute atomic E-state index is 8.90. The molecular weight excluding hydrogens is 232 g/mol. The summed E-state index contributed by atoms with van der Waals surface area (Å²) in [5.41, 5.74) is 1.31. The quantitative estimate of drug-likeness (QED) is 0.848. The van der Waals surface area contributed by atoms with Gasteiger partial charge >= 0.3 is 0 Å². The summed E-state index contributed by atoms with van der Waals surface area (Å²) < 4.78 is 0. The van der Waals surface area contributed by atoms with Gasteiger partial charge in [-0.05, 0) is 45.1 Å². The molecule has 2 rings (SSSR count). The fourth-order valence-electron chi connectivity index (χ4n) is 2.40. The molecule has 96 valence electrons. The molecule has 0 fully saturated rings. The van der Waals surface area contributed by atoms with E-state index in [1.165, 1.54) is 28.4 Å². The second-order valence-electron chi connectivity index (χ2n) is 5.01. The number of nitrogens with one attached hydrogen (secondary N) is 1. The Morgan fingerprint density at radius 1 is 1.59 bits per heavy atom. The van der Waals surface area contributed by atoms with Crippen molar-refractivity contribution in [2.24, 2.45) is 5.92 Å². The van der Waals surface area contributed by atoms with Crippen LogP contribution in [-0.2, 0) is 6.42 Å². The van der Waals surface area contributed by atoms with E-state index in [-0.39, 0.29) is 0 Å². The SMILES string of the molecule is Cc1nc2c(s1)C(NCC(C)CCO)CCC2. The molecule has 0 aliphatic heterocycles. The monoisotopic (exact) mass is 254 g/mol. The molecular formula is C13H22N2OS. The number of fused-ring (bicyclic) bond motifs is 1. The molecule has 0 bridgehead atoms. The van der Waals surface area contributed by atoms with Gasteiger partial charge in [0.15, 0.2) is 0 Å². The van der Waals surface area contributed by atoms with E-state index in [1.807, 2.05) is 11.3 Å². The van der Waals surface area contributed by atoms with Crippen LogP contribution in [0.4, 0.5) is 0 Å². The fourth-order valence-corrected chi connectivity index (χ4v) is 3.49. The summed E-state index contributed by atoms with van der Waals surface area (Å²) in [6.07, 6.45) is 4.49. The lowest BCUT2D eigenvalue weighted by Gasteiger charge is -2.24. The molecule has 2 N–H and O–H groups in total. The fraction of sp³-hybridized carbons (Fsp3) is 0.769. The van der Waals surface area contributed by atoms with Gasteiger partial charge in [-0.25, -0.2) is 4.98 Å². The first kappa shape index (κ1) is 13.0. The predicted octanol–water partition coefficient (Wildman–Crippen LogP) is 2.44. The highest BCUT2D eigenvalue weighted by molar-refractivity contribution is 7.11. The average molecular weight is 254 g/mol. The molecule has 0 saturated carbocycles. The Morgan fingerprint density at radius 2 is 2.41 bits per heavy atom. The van der Waals surface area contributed by atoms with Gasteiger partial charge in [0.2, 0.25) is 0 Å². The Hall–Kier alpha value is -0.450. The Balaban J connectivity index is 1.94. The minimum Gasteiger partial charge on any atom is -0.396 e. The van der Waals surface area contributed by atoms with Crippen molar-refractivity contribution in [3.63, 3.8) is 0 Å². The van der Waals surface area contributed by atoms with Gasteiger partial charge in [0.25, 0.3) is 0 Å². The Kier molecular flexibility index (Phi) is 4.54. The van der Waals surface area contributed by atoms with Gasteiger partial charge in [-0.15, -0.1) is 11.3 Å². The van der Waals surface area contributed by atoms with Crippen molar-refractivity contribution in [2.75, 3.05) is 13.2 Å². The van der Waals surface area contributed by atoms with Crippen LogP contribution in [0.2, 0.25) is 0 Å². The zero-order chi connectivity index (χ0) is 12.3. The number of hydrogen-bond donors (Lipinski definition) is 2. The van der Waals surface area contributed by atoms with Crippen LogP contribution in [0, 0.1) is 12.8 Å². The van der Waals surface area contributed by atoms with Crippen LogP contribution in [0.15, 0.2) is 0 Å². The zero-order valence-corrected chi connectivity index (χ0v) is 11.5. The molecule has 0 amide bonds. The smallest absolute Gasteiger partial charge is 0.0900 e. The zero-order valence-electron chi connectivity index (χ0n) is 10.7. The van der Waals surface area contributed by atoms with Crippen molar-refractivity contribution in [2.45, 2.75) is 45.6 Å². The van der Waals surface area contributed by atoms with Crippen molar-refractivity contribution in [3.8, 4) is 0 Å². The lowest BCUT2D eigenvalue weighted by atomic mass is 9.97. The third kappa shape index (κ3) is 3.27. The molecule has 2 unspecified atom stereocenters. The predicted molar refractivity (Wildman–Crippen MR) is 71.4 cm³/mol. The summed E-state index contributed by atoms with van der Waals surface area (Å²) >= 11 is 1.84. The first-order valence-corrected chi connectivity index (χ1v) is 7.32. The number of rotatable bonds is 5. The summed E-state index contributed by atoms with van der Waals surface area (Å²) in [6.45, 7) is 5.55. The molecule has 0 saturated heterocycles. The molecule has 4 heteroatoms. The standard InChI is InChI=1S/C13H22N2OS/c1-9(6-7-16)8-14-11-4-3-5-12-13(11)17-10(2)15-12/h9,11,14,16H,3-8H2,1-2H3.